The molecule has 0 N–H and O–H groups in total. The van der Waals surface area contributed by atoms with Crippen LogP contribution in [0.2, 0.25) is 0 Å². The van der Waals surface area contributed by atoms with Gasteiger partial charge in [0.2, 0.25) is 0 Å². The Bertz CT molecular complexity index is 1410. The highest BCUT2D eigenvalue weighted by molar-refractivity contribution is 9.10. The molecule has 2 fully saturated rings. The normalized spacial score (nSPS) is 17.1. The molecule has 0 spiro atoms. The summed E-state index contributed by atoms with van der Waals surface area (Å²) in [6.07, 6.45) is 1.82. The van der Waals surface area contributed by atoms with Crippen molar-refractivity contribution in [2.45, 2.75) is 20.8 Å². The van der Waals surface area contributed by atoms with Crippen LogP contribution in [0.5, 0.6) is 5.75 Å². The first-order chi connectivity index (χ1) is 18.3. The van der Waals surface area contributed by atoms with Crippen molar-refractivity contribution in [3.63, 3.8) is 0 Å². The predicted molar refractivity (Wildman–Crippen MR) is 155 cm³/mol. The van der Waals surface area contributed by atoms with E-state index in [9.17, 15) is 9.59 Å². The molecule has 0 bridgehead atoms. The molecule has 0 aliphatic carbocycles. The number of carbonyl (C=O) groups excluding carboxylic acids is 2. The standard InChI is InChI=1S/C29H30BrN3O4S/c1-19-5-4-6-24(15-19)37-14-11-32-28(34)27(38-29(32)35)17-22-16-20(2)33(21(22)3)23-7-8-26(25(30)18-23)31-9-12-36-13-10-31/h4-8,15-18H,9-14H2,1-3H3/b27-17-. The smallest absolute Gasteiger partial charge is 0.293 e. The van der Waals surface area contributed by atoms with Crippen LogP contribution in [0.3, 0.4) is 0 Å². The Morgan fingerprint density at radius 3 is 2.58 bits per heavy atom. The molecule has 2 amide bonds. The fourth-order valence-corrected chi connectivity index (χ4v) is 6.29. The zero-order valence-electron chi connectivity index (χ0n) is 21.7. The van der Waals surface area contributed by atoms with Crippen LogP contribution in [0.4, 0.5) is 10.5 Å². The topological polar surface area (TPSA) is 64.0 Å². The summed E-state index contributed by atoms with van der Waals surface area (Å²) in [5, 5.41) is -0.273. The fraction of sp³-hybridized carbons (Fsp3) is 0.310. The van der Waals surface area contributed by atoms with Gasteiger partial charge in [0.1, 0.15) is 12.4 Å². The Balaban J connectivity index is 1.31. The van der Waals surface area contributed by atoms with Gasteiger partial charge in [0.25, 0.3) is 11.1 Å². The zero-order chi connectivity index (χ0) is 26.8. The second-order valence-electron chi connectivity index (χ2n) is 9.40. The first-order valence-electron chi connectivity index (χ1n) is 12.6. The molecule has 3 aromatic rings. The number of hydrogen-bond acceptors (Lipinski definition) is 6. The van der Waals surface area contributed by atoms with E-state index in [-0.39, 0.29) is 24.3 Å². The monoisotopic (exact) mass is 595 g/mol. The molecule has 2 aliphatic rings. The van der Waals surface area contributed by atoms with Crippen molar-refractivity contribution in [3.05, 3.63) is 80.4 Å². The van der Waals surface area contributed by atoms with Crippen molar-refractivity contribution in [2.24, 2.45) is 0 Å². The van der Waals surface area contributed by atoms with Crippen molar-refractivity contribution in [3.8, 4) is 11.4 Å². The molecule has 0 atom stereocenters. The van der Waals surface area contributed by atoms with Crippen LogP contribution in [0.15, 0.2) is 57.9 Å². The van der Waals surface area contributed by atoms with Crippen molar-refractivity contribution < 1.29 is 19.1 Å². The number of nitrogens with zero attached hydrogens (tertiary/aromatic N) is 3. The van der Waals surface area contributed by atoms with Gasteiger partial charge in [-0.25, -0.2) is 0 Å². The number of amides is 2. The summed E-state index contributed by atoms with van der Waals surface area (Å²) in [5.74, 6) is 0.444. The highest BCUT2D eigenvalue weighted by Crippen LogP contribution is 2.35. The molecular formula is C29H30BrN3O4S. The third-order valence-electron chi connectivity index (χ3n) is 6.74. The molecule has 9 heteroatoms. The minimum absolute atomic E-state index is 0.207. The second kappa shape index (κ2) is 11.4. The Morgan fingerprint density at radius 2 is 1.84 bits per heavy atom. The summed E-state index contributed by atoms with van der Waals surface area (Å²) >= 11 is 4.73. The SMILES string of the molecule is Cc1cccc(OCCN2C(=O)S/C(=C\c3cc(C)n(-c4ccc(N5CCOCC5)c(Br)c4)c3C)C2=O)c1. The molecule has 2 aliphatic heterocycles. The number of aromatic nitrogens is 1. The molecule has 5 rings (SSSR count). The first kappa shape index (κ1) is 26.6. The van der Waals surface area contributed by atoms with Crippen molar-refractivity contribution in [1.82, 2.24) is 9.47 Å². The number of halogens is 1. The lowest BCUT2D eigenvalue weighted by Gasteiger charge is -2.30. The molecule has 198 valence electrons. The Hall–Kier alpha value is -3.01. The number of benzene rings is 2. The second-order valence-corrected chi connectivity index (χ2v) is 11.2. The van der Waals surface area contributed by atoms with Crippen LogP contribution in [0, 0.1) is 20.8 Å². The van der Waals surface area contributed by atoms with Crippen LogP contribution < -0.4 is 9.64 Å². The average molecular weight is 597 g/mol. The van der Waals surface area contributed by atoms with E-state index in [2.05, 4.69) is 43.6 Å². The highest BCUT2D eigenvalue weighted by Gasteiger charge is 2.35. The van der Waals surface area contributed by atoms with E-state index < -0.39 is 0 Å². The summed E-state index contributed by atoms with van der Waals surface area (Å²) in [5.41, 5.74) is 6.24. The Morgan fingerprint density at radius 1 is 1.05 bits per heavy atom. The Kier molecular flexibility index (Phi) is 7.97. The molecule has 2 aromatic carbocycles. The summed E-state index contributed by atoms with van der Waals surface area (Å²) in [6.45, 7) is 9.73. The molecule has 2 saturated heterocycles. The van der Waals surface area contributed by atoms with Gasteiger partial charge >= 0.3 is 0 Å². The van der Waals surface area contributed by atoms with Gasteiger partial charge in [-0.3, -0.25) is 14.5 Å². The highest BCUT2D eigenvalue weighted by atomic mass is 79.9. The molecule has 7 nitrogen and oxygen atoms in total. The lowest BCUT2D eigenvalue weighted by atomic mass is 10.2. The van der Waals surface area contributed by atoms with Crippen LogP contribution >= 0.6 is 27.7 Å². The number of anilines is 1. The molecule has 0 unspecified atom stereocenters. The number of aryl methyl sites for hydroxylation is 2. The molecular weight excluding hydrogens is 566 g/mol. The predicted octanol–water partition coefficient (Wildman–Crippen LogP) is 6.12. The number of morpholine rings is 1. The number of carbonyl (C=O) groups is 2. The lowest BCUT2D eigenvalue weighted by Crippen LogP contribution is -2.36. The van der Waals surface area contributed by atoms with E-state index in [0.29, 0.717) is 4.91 Å². The average Bonchev–Trinajstić information content (AvgIpc) is 3.33. The van der Waals surface area contributed by atoms with Gasteiger partial charge < -0.3 is 18.9 Å². The largest absolute Gasteiger partial charge is 0.492 e. The molecule has 0 radical (unpaired) electrons. The number of ether oxygens (including phenoxy) is 2. The van der Waals surface area contributed by atoms with Gasteiger partial charge in [-0.2, -0.15) is 0 Å². The quantitative estimate of drug-likeness (QED) is 0.307. The van der Waals surface area contributed by atoms with Gasteiger partial charge in [0, 0.05) is 34.6 Å². The lowest BCUT2D eigenvalue weighted by molar-refractivity contribution is -0.123. The number of imide groups is 1. The van der Waals surface area contributed by atoms with Gasteiger partial charge in [-0.05, 0) is 102 Å². The van der Waals surface area contributed by atoms with Crippen molar-refractivity contribution in [2.75, 3.05) is 44.4 Å². The summed E-state index contributed by atoms with van der Waals surface area (Å²) in [7, 11) is 0. The van der Waals surface area contributed by atoms with E-state index >= 15 is 0 Å². The summed E-state index contributed by atoms with van der Waals surface area (Å²) in [4.78, 5) is 29.7. The number of thioether (sulfide) groups is 1. The van der Waals surface area contributed by atoms with Gasteiger partial charge in [-0.1, -0.05) is 12.1 Å². The van der Waals surface area contributed by atoms with Crippen LogP contribution in [-0.4, -0.2) is 60.1 Å². The van der Waals surface area contributed by atoms with Gasteiger partial charge in [0.15, 0.2) is 0 Å². The van der Waals surface area contributed by atoms with Crippen molar-refractivity contribution in [1.29, 1.82) is 0 Å². The van der Waals surface area contributed by atoms with Gasteiger partial charge in [0.05, 0.1) is 30.4 Å². The maximum absolute atomic E-state index is 13.1. The molecule has 3 heterocycles. The van der Waals surface area contributed by atoms with E-state index in [0.717, 1.165) is 82.2 Å². The maximum Gasteiger partial charge on any atom is 0.293 e. The molecule has 38 heavy (non-hydrogen) atoms. The van der Waals surface area contributed by atoms with E-state index in [4.69, 9.17) is 9.47 Å². The van der Waals surface area contributed by atoms with Gasteiger partial charge in [-0.15, -0.1) is 0 Å². The number of rotatable bonds is 7. The molecule has 1 aromatic heterocycles. The third-order valence-corrected chi connectivity index (χ3v) is 8.29. The van der Waals surface area contributed by atoms with E-state index in [1.54, 1.807) is 0 Å². The maximum atomic E-state index is 13.1. The number of hydrogen-bond donors (Lipinski definition) is 0. The zero-order valence-corrected chi connectivity index (χ0v) is 24.1. The summed E-state index contributed by atoms with van der Waals surface area (Å²) < 4.78 is 14.4. The first-order valence-corrected chi connectivity index (χ1v) is 14.2. The minimum Gasteiger partial charge on any atom is -0.492 e. The van der Waals surface area contributed by atoms with Crippen LogP contribution in [0.1, 0.15) is 22.5 Å². The van der Waals surface area contributed by atoms with E-state index in [1.165, 1.54) is 4.90 Å². The van der Waals surface area contributed by atoms with E-state index in [1.807, 2.05) is 57.2 Å². The molecule has 0 saturated carbocycles. The van der Waals surface area contributed by atoms with Crippen LogP contribution in [0.25, 0.3) is 11.8 Å². The Labute approximate surface area is 235 Å². The minimum atomic E-state index is -0.282. The third kappa shape index (κ3) is 5.55. The summed E-state index contributed by atoms with van der Waals surface area (Å²) in [6, 6.07) is 16.1. The van der Waals surface area contributed by atoms with Crippen LogP contribution in [-0.2, 0) is 9.53 Å². The van der Waals surface area contributed by atoms with Crippen molar-refractivity contribution >= 4 is 50.6 Å². The fourth-order valence-electron chi connectivity index (χ4n) is 4.82.